The first-order valence-corrected chi connectivity index (χ1v) is 11.7. The van der Waals surface area contributed by atoms with Crippen LogP contribution in [0.25, 0.3) is 16.2 Å². The molecule has 1 saturated heterocycles. The average molecular weight is 527 g/mol. The van der Waals surface area contributed by atoms with Gasteiger partial charge in [-0.15, -0.1) is 11.3 Å². The van der Waals surface area contributed by atoms with Crippen molar-refractivity contribution in [2.45, 2.75) is 0 Å². The first kappa shape index (κ1) is 24.1. The quantitative estimate of drug-likeness (QED) is 0.367. The Morgan fingerprint density at radius 3 is 2.65 bits per heavy atom. The number of nitrogens with one attached hydrogen (secondary N) is 1. The Morgan fingerprint density at radius 1 is 1.22 bits per heavy atom. The summed E-state index contributed by atoms with van der Waals surface area (Å²) in [6, 6.07) is 4.15. The number of carbonyl (C=O) groups excluding carboxylic acids is 1. The summed E-state index contributed by atoms with van der Waals surface area (Å²) in [5, 5.41) is 14.0. The van der Waals surface area contributed by atoms with Gasteiger partial charge in [-0.05, 0) is 18.2 Å². The molecule has 37 heavy (non-hydrogen) atoms. The lowest BCUT2D eigenvalue weighted by Gasteiger charge is -2.39. The van der Waals surface area contributed by atoms with Gasteiger partial charge >= 0.3 is 5.97 Å². The van der Waals surface area contributed by atoms with Gasteiger partial charge in [0.2, 0.25) is 11.3 Å². The Morgan fingerprint density at radius 2 is 2.00 bits per heavy atom. The van der Waals surface area contributed by atoms with Crippen LogP contribution in [0, 0.1) is 11.7 Å². The van der Waals surface area contributed by atoms with Crippen LogP contribution in [0.3, 0.4) is 0 Å². The zero-order valence-electron chi connectivity index (χ0n) is 19.5. The molecular formula is C23H19FN6O6S. The monoisotopic (exact) mass is 526 g/mol. The van der Waals surface area contributed by atoms with Gasteiger partial charge in [0.05, 0.1) is 25.5 Å². The minimum Gasteiger partial charge on any atom is -0.491 e. The van der Waals surface area contributed by atoms with Crippen LogP contribution in [-0.2, 0) is 4.79 Å². The van der Waals surface area contributed by atoms with Crippen LogP contribution in [0.1, 0.15) is 10.4 Å². The van der Waals surface area contributed by atoms with Crippen LogP contribution >= 0.6 is 11.3 Å². The number of rotatable bonds is 7. The van der Waals surface area contributed by atoms with Crippen molar-refractivity contribution in [2.75, 3.05) is 37.5 Å². The van der Waals surface area contributed by atoms with E-state index < -0.39 is 28.7 Å². The molecule has 0 saturated carbocycles. The second-order valence-corrected chi connectivity index (χ2v) is 8.90. The Labute approximate surface area is 211 Å². The van der Waals surface area contributed by atoms with Crippen molar-refractivity contribution >= 4 is 45.9 Å². The zero-order chi connectivity index (χ0) is 26.3. The molecule has 4 aromatic heterocycles. The lowest BCUT2D eigenvalue weighted by molar-refractivity contribution is -0.120. The van der Waals surface area contributed by atoms with E-state index >= 15 is 4.39 Å². The third-order valence-corrected chi connectivity index (χ3v) is 6.58. The van der Waals surface area contributed by atoms with Crippen LogP contribution in [0.5, 0.6) is 11.6 Å². The Bertz CT molecular complexity index is 1590. The summed E-state index contributed by atoms with van der Waals surface area (Å²) in [5.74, 6) is -2.19. The molecule has 14 heteroatoms. The molecule has 0 bridgehead atoms. The van der Waals surface area contributed by atoms with E-state index in [0.717, 1.165) is 12.3 Å². The second-order valence-electron chi connectivity index (χ2n) is 8.03. The predicted molar refractivity (Wildman–Crippen MR) is 132 cm³/mol. The van der Waals surface area contributed by atoms with Crippen molar-refractivity contribution < 1.29 is 28.6 Å². The molecular weight excluding hydrogens is 507 g/mol. The summed E-state index contributed by atoms with van der Waals surface area (Å²) in [6.45, 7) is 0.340. The highest BCUT2D eigenvalue weighted by Crippen LogP contribution is 2.30. The van der Waals surface area contributed by atoms with Crippen molar-refractivity contribution in [3.8, 4) is 16.8 Å². The maximum absolute atomic E-state index is 15.1. The molecule has 1 aliphatic heterocycles. The number of halogens is 1. The van der Waals surface area contributed by atoms with E-state index in [1.54, 1.807) is 22.4 Å². The van der Waals surface area contributed by atoms with Crippen LogP contribution in [0.15, 0.2) is 40.8 Å². The van der Waals surface area contributed by atoms with Gasteiger partial charge in [0, 0.05) is 30.9 Å². The molecule has 2 N–H and O–H groups in total. The minimum atomic E-state index is -1.44. The van der Waals surface area contributed by atoms with Crippen molar-refractivity contribution in [3.05, 3.63) is 57.6 Å². The molecule has 0 radical (unpaired) electrons. The standard InChI is InChI=1S/C23H19FN6O6S/c1-35-15-3-4-16(27-21(15)36-2)26-20(32)11-8-29(9-11)19-14(24)7-12-17(31)13(22(33)34)10-30(18(12)28-19)23-25-5-6-37-23/h3-7,10-11H,8-9H2,1-2H3,(H,33,34)(H,26,27,32). The molecule has 5 rings (SSSR count). The largest absolute Gasteiger partial charge is 0.491 e. The number of aromatic carboxylic acids is 1. The molecule has 1 aliphatic rings. The second kappa shape index (κ2) is 9.46. The van der Waals surface area contributed by atoms with Crippen LogP contribution < -0.4 is 25.1 Å². The van der Waals surface area contributed by atoms with Crippen LogP contribution in [0.4, 0.5) is 16.0 Å². The van der Waals surface area contributed by atoms with Gasteiger partial charge in [-0.25, -0.2) is 19.2 Å². The summed E-state index contributed by atoms with van der Waals surface area (Å²) in [5.41, 5.74) is -1.32. The van der Waals surface area contributed by atoms with Gasteiger partial charge in [0.25, 0.3) is 5.88 Å². The number of carboxylic acid groups (broad SMARTS) is 1. The molecule has 0 unspecified atom stereocenters. The van der Waals surface area contributed by atoms with Crippen molar-refractivity contribution in [2.24, 2.45) is 5.92 Å². The fraction of sp³-hybridized carbons (Fsp3) is 0.217. The first-order chi connectivity index (χ1) is 17.8. The van der Waals surface area contributed by atoms with Gasteiger partial charge in [0.1, 0.15) is 11.4 Å². The smallest absolute Gasteiger partial charge is 0.341 e. The Balaban J connectivity index is 1.41. The lowest BCUT2D eigenvalue weighted by atomic mass is 9.99. The molecule has 5 heterocycles. The molecule has 0 aromatic carbocycles. The van der Waals surface area contributed by atoms with Crippen molar-refractivity contribution in [1.29, 1.82) is 0 Å². The van der Waals surface area contributed by atoms with Crippen molar-refractivity contribution in [1.82, 2.24) is 19.5 Å². The van der Waals surface area contributed by atoms with Gasteiger partial charge in [-0.1, -0.05) is 0 Å². The molecule has 0 atom stereocenters. The summed E-state index contributed by atoms with van der Waals surface area (Å²) in [4.78, 5) is 51.3. The summed E-state index contributed by atoms with van der Waals surface area (Å²) in [6.07, 6.45) is 2.64. The molecule has 190 valence electrons. The van der Waals surface area contributed by atoms with E-state index in [0.29, 0.717) is 10.9 Å². The SMILES string of the molecule is COc1ccc(NC(=O)C2CN(c3nc4c(cc3F)c(=O)c(C(=O)O)cn4-c3nccs3)C2)nc1OC. The molecule has 4 aromatic rings. The molecule has 1 amide bonds. The minimum absolute atomic E-state index is 0.0591. The predicted octanol–water partition coefficient (Wildman–Crippen LogP) is 2.17. The number of anilines is 2. The fourth-order valence-corrected chi connectivity index (χ4v) is 4.53. The maximum atomic E-state index is 15.1. The van der Waals surface area contributed by atoms with E-state index in [2.05, 4.69) is 20.3 Å². The summed E-state index contributed by atoms with van der Waals surface area (Å²) in [7, 11) is 2.91. The van der Waals surface area contributed by atoms with Gasteiger partial charge < -0.3 is 24.8 Å². The number of pyridine rings is 3. The Kier molecular flexibility index (Phi) is 6.17. The summed E-state index contributed by atoms with van der Waals surface area (Å²) < 4.78 is 26.7. The van der Waals surface area contributed by atoms with E-state index in [4.69, 9.17) is 9.47 Å². The van der Waals surface area contributed by atoms with Gasteiger partial charge in [0.15, 0.2) is 28.2 Å². The van der Waals surface area contributed by atoms with Crippen LogP contribution in [-0.4, -0.2) is 63.8 Å². The normalized spacial score (nSPS) is 13.3. The topological polar surface area (TPSA) is 149 Å². The molecule has 0 spiro atoms. The average Bonchev–Trinajstić information content (AvgIpc) is 3.38. The van der Waals surface area contributed by atoms with Crippen LogP contribution in [0.2, 0.25) is 0 Å². The summed E-state index contributed by atoms with van der Waals surface area (Å²) >= 11 is 1.20. The maximum Gasteiger partial charge on any atom is 0.341 e. The number of hydrogen-bond acceptors (Lipinski definition) is 10. The number of fused-ring (bicyclic) bond motifs is 1. The highest BCUT2D eigenvalue weighted by molar-refractivity contribution is 7.12. The highest BCUT2D eigenvalue weighted by atomic mass is 32.1. The first-order valence-electron chi connectivity index (χ1n) is 10.8. The third kappa shape index (κ3) is 4.31. The van der Waals surface area contributed by atoms with Gasteiger partial charge in [-0.3, -0.25) is 14.2 Å². The number of amides is 1. The molecule has 12 nitrogen and oxygen atoms in total. The zero-order valence-corrected chi connectivity index (χ0v) is 20.3. The lowest BCUT2D eigenvalue weighted by Crippen LogP contribution is -2.52. The molecule has 0 aliphatic carbocycles. The number of methoxy groups -OCH3 is 2. The number of nitrogens with zero attached hydrogens (tertiary/aromatic N) is 5. The molecule has 1 fully saturated rings. The van der Waals surface area contributed by atoms with E-state index in [-0.39, 0.29) is 47.5 Å². The number of hydrogen-bond donors (Lipinski definition) is 2. The fourth-order valence-electron chi connectivity index (χ4n) is 3.91. The Hall–Kier alpha value is -4.59. The number of carbonyl (C=O) groups is 2. The van der Waals surface area contributed by atoms with Gasteiger partial charge in [-0.2, -0.15) is 4.98 Å². The van der Waals surface area contributed by atoms with E-state index in [1.807, 2.05) is 0 Å². The van der Waals surface area contributed by atoms with E-state index in [1.165, 1.54) is 36.3 Å². The van der Waals surface area contributed by atoms with Crippen molar-refractivity contribution in [3.63, 3.8) is 0 Å². The van der Waals surface area contributed by atoms with E-state index in [9.17, 15) is 19.5 Å². The number of carboxylic acids is 1. The third-order valence-electron chi connectivity index (χ3n) is 5.81. The number of aromatic nitrogens is 4. The number of ether oxygens (including phenoxy) is 2. The number of thiazole rings is 1. The highest BCUT2D eigenvalue weighted by Gasteiger charge is 2.36.